The highest BCUT2D eigenvalue weighted by molar-refractivity contribution is 5.74. The lowest BCUT2D eigenvalue weighted by Crippen LogP contribution is -2.36. The Kier molecular flexibility index (Phi) is 5.03. The lowest BCUT2D eigenvalue weighted by molar-refractivity contribution is 0.237. The number of aromatic nitrogens is 3. The summed E-state index contributed by atoms with van der Waals surface area (Å²) in [4.78, 5) is 16.0. The van der Waals surface area contributed by atoms with Gasteiger partial charge in [-0.25, -0.2) is 4.79 Å². The number of urea groups is 1. The molecule has 2 amide bonds. The average molecular weight is 315 g/mol. The van der Waals surface area contributed by atoms with Crippen LogP contribution < -0.4 is 10.6 Å². The van der Waals surface area contributed by atoms with Crippen molar-refractivity contribution in [2.24, 2.45) is 0 Å². The number of nitrogens with zero attached hydrogens (tertiary/aromatic N) is 3. The minimum absolute atomic E-state index is 0.0770. The van der Waals surface area contributed by atoms with Crippen molar-refractivity contribution in [1.82, 2.24) is 25.4 Å². The van der Waals surface area contributed by atoms with E-state index in [9.17, 15) is 4.79 Å². The number of carbonyl (C=O) groups is 1. The third-order valence-electron chi connectivity index (χ3n) is 3.64. The van der Waals surface area contributed by atoms with E-state index in [0.29, 0.717) is 6.54 Å². The first-order chi connectivity index (χ1) is 10.8. The van der Waals surface area contributed by atoms with E-state index in [1.54, 1.807) is 12.4 Å². The molecular weight excluding hydrogens is 290 g/mol. The van der Waals surface area contributed by atoms with Gasteiger partial charge in [-0.05, 0) is 52.3 Å². The molecule has 2 heterocycles. The third kappa shape index (κ3) is 4.55. The van der Waals surface area contributed by atoms with Gasteiger partial charge in [-0.3, -0.25) is 9.67 Å². The van der Waals surface area contributed by atoms with Crippen molar-refractivity contribution in [2.45, 2.75) is 52.7 Å². The Labute approximate surface area is 137 Å². The second-order valence-corrected chi connectivity index (χ2v) is 6.69. The van der Waals surface area contributed by atoms with Crippen LogP contribution in [0, 0.1) is 6.92 Å². The SMILES string of the molecule is Cc1nn(C(C)(C)C)cc1[C@H](C)NC(=O)NCc1ccncc1. The molecule has 0 saturated carbocycles. The number of amides is 2. The van der Waals surface area contributed by atoms with E-state index in [-0.39, 0.29) is 17.6 Å². The second kappa shape index (κ2) is 6.81. The van der Waals surface area contributed by atoms with Gasteiger partial charge in [0.25, 0.3) is 0 Å². The summed E-state index contributed by atoms with van der Waals surface area (Å²) >= 11 is 0. The Morgan fingerprint density at radius 3 is 2.52 bits per heavy atom. The fourth-order valence-corrected chi connectivity index (χ4v) is 2.25. The zero-order valence-corrected chi connectivity index (χ0v) is 14.4. The van der Waals surface area contributed by atoms with Crippen molar-refractivity contribution in [3.05, 3.63) is 47.5 Å². The molecule has 0 saturated heterocycles. The van der Waals surface area contributed by atoms with Crippen LogP contribution >= 0.6 is 0 Å². The lowest BCUT2D eigenvalue weighted by atomic mass is 10.1. The number of aryl methyl sites for hydroxylation is 1. The molecule has 0 aliphatic carbocycles. The second-order valence-electron chi connectivity index (χ2n) is 6.69. The van der Waals surface area contributed by atoms with E-state index in [2.05, 4.69) is 41.5 Å². The normalized spacial score (nSPS) is 12.7. The molecule has 6 nitrogen and oxygen atoms in total. The molecule has 0 radical (unpaired) electrons. The van der Waals surface area contributed by atoms with Crippen molar-refractivity contribution in [1.29, 1.82) is 0 Å². The Morgan fingerprint density at radius 1 is 1.30 bits per heavy atom. The van der Waals surface area contributed by atoms with E-state index in [1.807, 2.05) is 36.9 Å². The van der Waals surface area contributed by atoms with Crippen molar-refractivity contribution < 1.29 is 4.79 Å². The number of hydrogen-bond acceptors (Lipinski definition) is 3. The summed E-state index contributed by atoms with van der Waals surface area (Å²) in [6.07, 6.45) is 5.42. The van der Waals surface area contributed by atoms with Crippen LogP contribution in [0.5, 0.6) is 0 Å². The molecule has 0 bridgehead atoms. The molecule has 0 unspecified atom stereocenters. The van der Waals surface area contributed by atoms with Crippen LogP contribution in [0.15, 0.2) is 30.7 Å². The van der Waals surface area contributed by atoms with Gasteiger partial charge >= 0.3 is 6.03 Å². The van der Waals surface area contributed by atoms with Crippen LogP contribution in [0.4, 0.5) is 4.79 Å². The molecule has 2 aromatic heterocycles. The van der Waals surface area contributed by atoms with Gasteiger partial charge in [-0.1, -0.05) is 0 Å². The molecule has 0 aliphatic heterocycles. The van der Waals surface area contributed by atoms with Gasteiger partial charge in [0.2, 0.25) is 0 Å². The Balaban J connectivity index is 1.95. The number of carbonyl (C=O) groups excluding carboxylic acids is 1. The van der Waals surface area contributed by atoms with Crippen molar-refractivity contribution in [3.8, 4) is 0 Å². The first-order valence-corrected chi connectivity index (χ1v) is 7.77. The molecule has 0 fully saturated rings. The highest BCUT2D eigenvalue weighted by Crippen LogP contribution is 2.20. The molecule has 0 aromatic carbocycles. The number of nitrogens with one attached hydrogen (secondary N) is 2. The highest BCUT2D eigenvalue weighted by Gasteiger charge is 2.20. The number of hydrogen-bond donors (Lipinski definition) is 2. The van der Waals surface area contributed by atoms with Crippen LogP contribution in [-0.4, -0.2) is 20.8 Å². The Bertz CT molecular complexity index is 657. The fraction of sp³-hybridized carbons (Fsp3) is 0.471. The van der Waals surface area contributed by atoms with Gasteiger partial charge in [0.1, 0.15) is 0 Å². The maximum absolute atomic E-state index is 12.1. The summed E-state index contributed by atoms with van der Waals surface area (Å²) in [7, 11) is 0. The minimum Gasteiger partial charge on any atom is -0.334 e. The summed E-state index contributed by atoms with van der Waals surface area (Å²) in [6, 6.07) is 3.45. The van der Waals surface area contributed by atoms with Gasteiger partial charge in [0.05, 0.1) is 17.3 Å². The predicted molar refractivity (Wildman–Crippen MR) is 90.0 cm³/mol. The van der Waals surface area contributed by atoms with Crippen LogP contribution in [0.25, 0.3) is 0 Å². The Hall–Kier alpha value is -2.37. The molecular formula is C17H25N5O. The topological polar surface area (TPSA) is 71.8 Å². The largest absolute Gasteiger partial charge is 0.334 e. The third-order valence-corrected chi connectivity index (χ3v) is 3.64. The first kappa shape index (κ1) is 17.0. The average Bonchev–Trinajstić information content (AvgIpc) is 2.88. The molecule has 23 heavy (non-hydrogen) atoms. The standard InChI is InChI=1S/C17H25N5O/c1-12(15-11-22(17(3,4)5)21-13(15)2)20-16(23)19-10-14-6-8-18-9-7-14/h6-9,11-12H,10H2,1-5H3,(H2,19,20,23)/t12-/m0/s1. The van der Waals surface area contributed by atoms with Crippen molar-refractivity contribution in [2.75, 3.05) is 0 Å². The van der Waals surface area contributed by atoms with Crippen LogP contribution in [-0.2, 0) is 12.1 Å². The molecule has 1 atom stereocenters. The van der Waals surface area contributed by atoms with Crippen LogP contribution in [0.1, 0.15) is 50.6 Å². The molecule has 6 heteroatoms. The van der Waals surface area contributed by atoms with E-state index >= 15 is 0 Å². The van der Waals surface area contributed by atoms with Crippen molar-refractivity contribution >= 4 is 6.03 Å². The zero-order valence-electron chi connectivity index (χ0n) is 14.4. The molecule has 124 valence electrons. The maximum atomic E-state index is 12.1. The molecule has 0 spiro atoms. The zero-order chi connectivity index (χ0) is 17.0. The minimum atomic E-state index is -0.197. The molecule has 0 aliphatic rings. The van der Waals surface area contributed by atoms with E-state index < -0.39 is 0 Å². The quantitative estimate of drug-likeness (QED) is 0.911. The summed E-state index contributed by atoms with van der Waals surface area (Å²) < 4.78 is 1.94. The maximum Gasteiger partial charge on any atom is 0.315 e. The van der Waals surface area contributed by atoms with Crippen LogP contribution in [0.3, 0.4) is 0 Å². The van der Waals surface area contributed by atoms with Gasteiger partial charge < -0.3 is 10.6 Å². The van der Waals surface area contributed by atoms with Gasteiger partial charge in [0, 0.05) is 30.7 Å². The van der Waals surface area contributed by atoms with Crippen molar-refractivity contribution in [3.63, 3.8) is 0 Å². The summed E-state index contributed by atoms with van der Waals surface area (Å²) in [5, 5.41) is 10.3. The van der Waals surface area contributed by atoms with Crippen LogP contribution in [0.2, 0.25) is 0 Å². The predicted octanol–water partition coefficient (Wildman–Crippen LogP) is 2.90. The van der Waals surface area contributed by atoms with E-state index in [1.165, 1.54) is 0 Å². The lowest BCUT2D eigenvalue weighted by Gasteiger charge is -2.19. The fourth-order valence-electron chi connectivity index (χ4n) is 2.25. The molecule has 2 rings (SSSR count). The van der Waals surface area contributed by atoms with E-state index in [4.69, 9.17) is 0 Å². The number of pyridine rings is 1. The first-order valence-electron chi connectivity index (χ1n) is 7.77. The number of rotatable bonds is 4. The molecule has 2 N–H and O–H groups in total. The Morgan fingerprint density at radius 2 is 1.96 bits per heavy atom. The summed E-state index contributed by atoms with van der Waals surface area (Å²) in [6.45, 7) is 10.7. The molecule has 2 aromatic rings. The monoisotopic (exact) mass is 315 g/mol. The van der Waals surface area contributed by atoms with Gasteiger partial charge in [0.15, 0.2) is 0 Å². The van der Waals surface area contributed by atoms with E-state index in [0.717, 1.165) is 16.8 Å². The smallest absolute Gasteiger partial charge is 0.315 e. The van der Waals surface area contributed by atoms with Gasteiger partial charge in [-0.15, -0.1) is 0 Å². The highest BCUT2D eigenvalue weighted by atomic mass is 16.2. The summed E-state index contributed by atoms with van der Waals surface area (Å²) in [5.74, 6) is 0. The summed E-state index contributed by atoms with van der Waals surface area (Å²) in [5.41, 5.74) is 2.90. The van der Waals surface area contributed by atoms with Gasteiger partial charge in [-0.2, -0.15) is 5.10 Å².